The molecule has 1 aliphatic carbocycles. The Kier molecular flexibility index (Phi) is 3.04. The van der Waals surface area contributed by atoms with E-state index in [0.717, 1.165) is 0 Å². The van der Waals surface area contributed by atoms with Crippen molar-refractivity contribution in [2.75, 3.05) is 0 Å². The minimum absolute atomic E-state index is 0.0932. The fourth-order valence-electron chi connectivity index (χ4n) is 2.57. The lowest BCUT2D eigenvalue weighted by Gasteiger charge is -2.32. The van der Waals surface area contributed by atoms with Crippen LogP contribution in [0, 0.1) is 5.92 Å². The van der Waals surface area contributed by atoms with Gasteiger partial charge in [0.2, 0.25) is 0 Å². The van der Waals surface area contributed by atoms with Crippen molar-refractivity contribution < 1.29 is 14.7 Å². The summed E-state index contributed by atoms with van der Waals surface area (Å²) in [6.07, 6.45) is 0.928. The highest BCUT2D eigenvalue weighted by Crippen LogP contribution is 2.27. The maximum Gasteiger partial charge on any atom is 0.326 e. The van der Waals surface area contributed by atoms with Crippen molar-refractivity contribution in [3.63, 3.8) is 0 Å². The molecule has 1 aromatic carbocycles. The number of rotatable bonds is 3. The summed E-state index contributed by atoms with van der Waals surface area (Å²) in [5.74, 6) is -1.42. The third-order valence-corrected chi connectivity index (χ3v) is 3.99. The van der Waals surface area contributed by atoms with Gasteiger partial charge in [-0.15, -0.1) is 0 Å². The normalized spacial score (nSPS) is 21.0. The molecule has 3 N–H and O–H groups in total. The number of carboxylic acid groups (broad SMARTS) is 1. The molecule has 1 saturated carbocycles. The number of fused-ring (bicyclic) bond motifs is 1. The van der Waals surface area contributed by atoms with Crippen molar-refractivity contribution in [3.8, 4) is 0 Å². The molecule has 3 rings (SSSR count). The Morgan fingerprint density at radius 2 is 2.10 bits per heavy atom. The Hall–Kier alpha value is -2.57. The molecule has 1 heterocycles. The maximum atomic E-state index is 12.1. The third kappa shape index (κ3) is 2.31. The van der Waals surface area contributed by atoms with Crippen LogP contribution in [-0.2, 0) is 11.8 Å². The number of hydrogen-bond donors (Lipinski definition) is 3. The molecule has 1 aromatic heterocycles. The number of carbonyl (C=O) groups is 2. The molecule has 0 spiro atoms. The van der Waals surface area contributed by atoms with E-state index in [1.54, 1.807) is 25.2 Å². The second-order valence-electron chi connectivity index (χ2n) is 5.40. The predicted octanol–water partition coefficient (Wildman–Crippen LogP) is 0.460. The fraction of sp³-hybridized carbons (Fsp3) is 0.357. The number of benzene rings is 1. The molecule has 0 bridgehead atoms. The largest absolute Gasteiger partial charge is 0.481 e. The number of nitrogens with one attached hydrogen (secondary N) is 2. The van der Waals surface area contributed by atoms with E-state index in [4.69, 9.17) is 5.11 Å². The highest BCUT2D eigenvalue weighted by Gasteiger charge is 2.35. The minimum atomic E-state index is -0.816. The van der Waals surface area contributed by atoms with Gasteiger partial charge < -0.3 is 15.4 Å². The Morgan fingerprint density at radius 3 is 2.76 bits per heavy atom. The summed E-state index contributed by atoms with van der Waals surface area (Å²) >= 11 is 0. The molecule has 21 heavy (non-hydrogen) atoms. The number of H-pyrrole nitrogens is 1. The number of aryl methyl sites for hydroxylation is 1. The molecule has 0 atom stereocenters. The second kappa shape index (κ2) is 4.76. The standard InChI is InChI=1S/C14H15N3O4/c1-17-11-6-7(2-3-10(11)16-14(17)21)12(18)15-9-4-8(5-9)13(19)20/h2-3,6,8-9H,4-5H2,1H3,(H,15,18)(H,16,21)(H,19,20). The van der Waals surface area contributed by atoms with Crippen LogP contribution in [-0.4, -0.2) is 32.6 Å². The molecule has 1 fully saturated rings. The SMILES string of the molecule is Cn1c(=O)[nH]c2ccc(C(=O)NC3CC(C(=O)O)C3)cc21. The molecule has 110 valence electrons. The van der Waals surface area contributed by atoms with Crippen molar-refractivity contribution in [2.45, 2.75) is 18.9 Å². The predicted molar refractivity (Wildman–Crippen MR) is 75.2 cm³/mol. The number of aliphatic carboxylic acids is 1. The minimum Gasteiger partial charge on any atom is -0.481 e. The van der Waals surface area contributed by atoms with Gasteiger partial charge in [-0.3, -0.25) is 14.2 Å². The second-order valence-corrected chi connectivity index (χ2v) is 5.40. The molecule has 0 aliphatic heterocycles. The van der Waals surface area contributed by atoms with E-state index >= 15 is 0 Å². The Labute approximate surface area is 119 Å². The van der Waals surface area contributed by atoms with E-state index < -0.39 is 5.97 Å². The average Bonchev–Trinajstić information content (AvgIpc) is 2.68. The number of imidazole rings is 1. The number of carbonyl (C=O) groups excluding carboxylic acids is 1. The molecular formula is C14H15N3O4. The molecular weight excluding hydrogens is 274 g/mol. The topological polar surface area (TPSA) is 104 Å². The van der Waals surface area contributed by atoms with Gasteiger partial charge >= 0.3 is 11.7 Å². The van der Waals surface area contributed by atoms with Gasteiger partial charge in [0.25, 0.3) is 5.91 Å². The van der Waals surface area contributed by atoms with Crippen molar-refractivity contribution in [3.05, 3.63) is 34.2 Å². The summed E-state index contributed by atoms with van der Waals surface area (Å²) in [5, 5.41) is 11.6. The number of hydrogen-bond acceptors (Lipinski definition) is 3. The van der Waals surface area contributed by atoms with Crippen LogP contribution >= 0.6 is 0 Å². The molecule has 0 saturated heterocycles. The highest BCUT2D eigenvalue weighted by molar-refractivity contribution is 5.97. The van der Waals surface area contributed by atoms with Crippen LogP contribution < -0.4 is 11.0 Å². The van der Waals surface area contributed by atoms with Crippen LogP contribution in [0.15, 0.2) is 23.0 Å². The van der Waals surface area contributed by atoms with Crippen molar-refractivity contribution >= 4 is 22.9 Å². The van der Waals surface area contributed by atoms with Gasteiger partial charge in [0.1, 0.15) is 0 Å². The van der Waals surface area contributed by atoms with Gasteiger partial charge in [-0.1, -0.05) is 0 Å². The van der Waals surface area contributed by atoms with Crippen LogP contribution in [0.5, 0.6) is 0 Å². The van der Waals surface area contributed by atoms with Crippen LogP contribution in [0.3, 0.4) is 0 Å². The number of carboxylic acids is 1. The lowest BCUT2D eigenvalue weighted by atomic mass is 9.80. The van der Waals surface area contributed by atoms with Crippen molar-refractivity contribution in [2.24, 2.45) is 13.0 Å². The van der Waals surface area contributed by atoms with E-state index in [9.17, 15) is 14.4 Å². The molecule has 7 heteroatoms. The Bertz CT molecular complexity index is 783. The van der Waals surface area contributed by atoms with Gasteiger partial charge in [0.05, 0.1) is 17.0 Å². The molecule has 1 amide bonds. The van der Waals surface area contributed by atoms with E-state index in [1.165, 1.54) is 4.57 Å². The summed E-state index contributed by atoms with van der Waals surface area (Å²) in [5.41, 5.74) is 1.56. The van der Waals surface area contributed by atoms with Crippen LogP contribution in [0.4, 0.5) is 0 Å². The molecule has 0 radical (unpaired) electrons. The smallest absolute Gasteiger partial charge is 0.326 e. The van der Waals surface area contributed by atoms with Gasteiger partial charge in [-0.25, -0.2) is 4.79 Å². The van der Waals surface area contributed by atoms with Crippen molar-refractivity contribution in [1.82, 2.24) is 14.9 Å². The fourth-order valence-corrected chi connectivity index (χ4v) is 2.57. The van der Waals surface area contributed by atoms with Crippen LogP contribution in [0.2, 0.25) is 0 Å². The summed E-state index contributed by atoms with van der Waals surface area (Å²) in [4.78, 5) is 37.0. The summed E-state index contributed by atoms with van der Waals surface area (Å²) in [6.45, 7) is 0. The molecule has 0 unspecified atom stereocenters. The van der Waals surface area contributed by atoms with Gasteiger partial charge in [0.15, 0.2) is 0 Å². The lowest BCUT2D eigenvalue weighted by molar-refractivity contribution is -0.145. The third-order valence-electron chi connectivity index (χ3n) is 3.99. The summed E-state index contributed by atoms with van der Waals surface area (Å²) < 4.78 is 1.44. The number of nitrogens with zero attached hydrogens (tertiary/aromatic N) is 1. The monoisotopic (exact) mass is 289 g/mol. The summed E-state index contributed by atoms with van der Waals surface area (Å²) in [7, 11) is 1.63. The highest BCUT2D eigenvalue weighted by atomic mass is 16.4. The van der Waals surface area contributed by atoms with E-state index in [1.807, 2.05) is 0 Å². The summed E-state index contributed by atoms with van der Waals surface area (Å²) in [6, 6.07) is 4.88. The zero-order valence-electron chi connectivity index (χ0n) is 11.4. The van der Waals surface area contributed by atoms with E-state index in [0.29, 0.717) is 29.4 Å². The zero-order valence-corrected chi connectivity index (χ0v) is 11.4. The van der Waals surface area contributed by atoms with E-state index in [-0.39, 0.29) is 23.6 Å². The van der Waals surface area contributed by atoms with Crippen molar-refractivity contribution in [1.29, 1.82) is 0 Å². The lowest BCUT2D eigenvalue weighted by Crippen LogP contribution is -2.46. The van der Waals surface area contributed by atoms with E-state index in [2.05, 4.69) is 10.3 Å². The zero-order chi connectivity index (χ0) is 15.1. The van der Waals surface area contributed by atoms with Crippen LogP contribution in [0.25, 0.3) is 11.0 Å². The van der Waals surface area contributed by atoms with Gasteiger partial charge in [0, 0.05) is 18.7 Å². The number of aromatic amines is 1. The number of amides is 1. The Balaban J connectivity index is 1.75. The molecule has 2 aromatic rings. The quantitative estimate of drug-likeness (QED) is 0.763. The molecule has 1 aliphatic rings. The first-order valence-electron chi connectivity index (χ1n) is 6.68. The maximum absolute atomic E-state index is 12.1. The first kappa shape index (κ1) is 13.4. The van der Waals surface area contributed by atoms with Crippen LogP contribution in [0.1, 0.15) is 23.2 Å². The van der Waals surface area contributed by atoms with Gasteiger partial charge in [-0.2, -0.15) is 0 Å². The Morgan fingerprint density at radius 1 is 1.38 bits per heavy atom. The number of aromatic nitrogens is 2. The molecule has 7 nitrogen and oxygen atoms in total. The average molecular weight is 289 g/mol. The first-order valence-corrected chi connectivity index (χ1v) is 6.68. The van der Waals surface area contributed by atoms with Gasteiger partial charge in [-0.05, 0) is 31.0 Å². The first-order chi connectivity index (χ1) is 9.95.